The van der Waals surface area contributed by atoms with E-state index in [-0.39, 0.29) is 59.4 Å². The Bertz CT molecular complexity index is 3340. The molecule has 5 atom stereocenters. The summed E-state index contributed by atoms with van der Waals surface area (Å²) >= 11 is 0. The van der Waals surface area contributed by atoms with Crippen LogP contribution in [0.3, 0.4) is 0 Å². The van der Waals surface area contributed by atoms with Crippen molar-refractivity contribution in [1.29, 1.82) is 0 Å². The molecule has 0 bridgehead atoms. The van der Waals surface area contributed by atoms with E-state index in [0.717, 1.165) is 76.3 Å². The van der Waals surface area contributed by atoms with E-state index in [1.165, 1.54) is 104 Å². The molecule has 94 heavy (non-hydrogen) atoms. The molecule has 14 heterocycles. The Morgan fingerprint density at radius 2 is 0.766 bits per heavy atom. The van der Waals surface area contributed by atoms with Crippen molar-refractivity contribution in [2.75, 3.05) is 0 Å². The van der Waals surface area contributed by atoms with Crippen LogP contribution in [0.5, 0.6) is 0 Å². The van der Waals surface area contributed by atoms with Gasteiger partial charge < -0.3 is 52.0 Å². The van der Waals surface area contributed by atoms with Crippen molar-refractivity contribution in [2.24, 2.45) is 72.0 Å². The van der Waals surface area contributed by atoms with Crippen LogP contribution in [0.1, 0.15) is 211 Å². The van der Waals surface area contributed by atoms with Crippen LogP contribution >= 0.6 is 0 Å². The average Bonchev–Trinajstić information content (AvgIpc) is 1.68. The van der Waals surface area contributed by atoms with Gasteiger partial charge in [0.05, 0.1) is 92.6 Å². The topological polar surface area (TPSA) is 152 Å². The van der Waals surface area contributed by atoms with Crippen LogP contribution in [0, 0.1) is 74.7 Å². The molecule has 0 fully saturated rings. The first-order valence-corrected chi connectivity index (χ1v) is 32.4. The second-order valence-corrected chi connectivity index (χ2v) is 28.5. The predicted molar refractivity (Wildman–Crippen MR) is 377 cm³/mol. The van der Waals surface area contributed by atoms with Gasteiger partial charge in [-0.25, -0.2) is 32.0 Å². The summed E-state index contributed by atoms with van der Waals surface area (Å²) in [6, 6.07) is 13.9. The molecule has 0 saturated carbocycles. The van der Waals surface area contributed by atoms with Crippen LogP contribution < -0.4 is 32.0 Å². The van der Waals surface area contributed by atoms with E-state index in [2.05, 4.69) is 199 Å². The fraction of sp³-hybridized carbons (Fsp3) is 0.630. The van der Waals surface area contributed by atoms with E-state index < -0.39 is 0 Å². The van der Waals surface area contributed by atoms with Gasteiger partial charge in [0.25, 0.3) is 40.8 Å². The number of aryl methyl sites for hydroxylation is 16. The highest BCUT2D eigenvalue weighted by Crippen LogP contribution is 2.34. The number of rotatable bonds is 6. The van der Waals surface area contributed by atoms with Crippen LogP contribution in [0.15, 0.2) is 74.6 Å². The van der Waals surface area contributed by atoms with Gasteiger partial charge in [-0.3, -0.25) is 0 Å². The maximum Gasteiger partial charge on any atom is 0.277 e. The lowest BCUT2D eigenvalue weighted by Gasteiger charge is -2.24. The normalized spacial score (nSPS) is 18.2. The van der Waals surface area contributed by atoms with Crippen molar-refractivity contribution in [2.45, 2.75) is 229 Å². The first-order chi connectivity index (χ1) is 40.8. The Morgan fingerprint density at radius 1 is 0.415 bits per heavy atom. The number of fused-ring (bicyclic) bond motifs is 7. The summed E-state index contributed by atoms with van der Waals surface area (Å²) in [6.45, 7) is 25.3. The van der Waals surface area contributed by atoms with Crippen LogP contribution in [0.2, 0.25) is 0 Å². The highest BCUT2D eigenvalue weighted by Gasteiger charge is 2.39. The molecule has 530 valence electrons. The molecule has 21 heteroatoms. The third-order valence-corrected chi connectivity index (χ3v) is 17.7. The molecule has 21 nitrogen and oxygen atoms in total. The monoisotopic (exact) mass is 1300 g/mol. The largest absolute Gasteiger partial charge is 0.358 e. The molecule has 7 aromatic heterocycles. The van der Waals surface area contributed by atoms with Crippen molar-refractivity contribution in [1.82, 2.24) is 68.5 Å². The van der Waals surface area contributed by atoms with Gasteiger partial charge in [-0.2, -0.15) is 0 Å². The van der Waals surface area contributed by atoms with Gasteiger partial charge in [-0.05, 0) is 86.0 Å². The van der Waals surface area contributed by atoms with Gasteiger partial charge in [0.1, 0.15) is 0 Å². The summed E-state index contributed by atoms with van der Waals surface area (Å²) in [5, 5.41) is 30.7. The van der Waals surface area contributed by atoms with Gasteiger partial charge in [0.15, 0.2) is 0 Å². The third-order valence-electron chi connectivity index (χ3n) is 17.7. The summed E-state index contributed by atoms with van der Waals surface area (Å²) in [4.78, 5) is 0. The number of benzene rings is 1. The second kappa shape index (κ2) is 36.9. The molecule has 0 N–H and O–H groups in total. The number of aromatic nitrogens is 21. The zero-order valence-corrected chi connectivity index (χ0v) is 62.8. The van der Waals surface area contributed by atoms with Crippen molar-refractivity contribution < 1.29 is 32.0 Å². The van der Waals surface area contributed by atoms with Gasteiger partial charge >= 0.3 is 0 Å². The number of nitrogens with zero attached hydrogens (tertiary/aromatic N) is 21. The quantitative estimate of drug-likeness (QED) is 0.119. The third kappa shape index (κ3) is 22.1. The minimum atomic E-state index is 0. The Hall–Kier alpha value is -6.80. The number of hydrogen-bond donors (Lipinski definition) is 0. The van der Waals surface area contributed by atoms with Crippen molar-refractivity contribution in [3.05, 3.63) is 173 Å². The minimum absolute atomic E-state index is 0. The highest BCUT2D eigenvalue weighted by molar-refractivity contribution is 5.15. The standard InChI is InChI=1S/C13H16N3.C11H20N3.2C10H18N3.C9H16N3.2C6H10N3.CH4.7CH3/c1-15-10-16-12(7-8-13(16)14-15)9-11-5-3-2-4-6-11;1-11(2,3)7-9-5-6-10-12-13(4)8-14(9)10;1-10(2,3)8-5-6-9-11-12(4)7-13(8)9;1-8(2)6-9-4-5-10-11-12(3)7-13(9)10;1-7(2)8-4-5-9-10-11(3)6-12(8)9;2*1-8-5-9-4-2-3-6(9)7-8;;;;;;;;/h2-6,10,12H,7-9H2,1H3;8-9H,5-7H2,1-4H3;7-8H,5-6H2,1-4H3;7-9H,4-6H2,1-3H3;6-8H,4-5H2,1-3H3;2*5H,2-4H2,1H3;1H4;7*1H3/q7*+1;;7*-1/t12-;9-;8-;9-;8-;;;;;;;;;;/m11111........../s1. The molecule has 8 aromatic rings. The van der Waals surface area contributed by atoms with Gasteiger partial charge in [-0.15, -0.1) is 32.8 Å². The minimum Gasteiger partial charge on any atom is -0.358 e. The molecule has 0 unspecified atom stereocenters. The summed E-state index contributed by atoms with van der Waals surface area (Å²) in [7, 11) is 13.9. The maximum absolute atomic E-state index is 4.46. The smallest absolute Gasteiger partial charge is 0.277 e. The SMILES string of the molecule is C.CC(C)C[C@H]1CCc2nn(C)c[n+]21.CC(C)[C@H]1CCc2nn(C)c[n+]21.Cn1c[n+]2c(n1)CCC2.Cn1c[n+]2c(n1)CCC2.Cn1c[n+]2c(n1)CC[C@@H]2C(C)(C)C.Cn1c[n+]2c(n1)CC[C@@H]2CC(C)(C)C.Cn1c[n+]2c(n1)CC[C@@H]2Cc1ccccc1.[CH3-].[CH3-].[CH3-].[CH3-].[CH3-].[CH3-].[CH3-]. The van der Waals surface area contributed by atoms with Crippen molar-refractivity contribution in [3.63, 3.8) is 0 Å². The fourth-order valence-corrected chi connectivity index (χ4v) is 13.9. The van der Waals surface area contributed by atoms with E-state index in [9.17, 15) is 0 Å². The molecule has 0 amide bonds. The second-order valence-electron chi connectivity index (χ2n) is 28.5. The maximum atomic E-state index is 4.46. The molecule has 0 spiro atoms. The fourth-order valence-electron chi connectivity index (χ4n) is 13.9. The molecular formula is C73H133N21. The zero-order valence-electron chi connectivity index (χ0n) is 62.8. The summed E-state index contributed by atoms with van der Waals surface area (Å²) in [5.41, 5.74) is 2.17. The Labute approximate surface area is 571 Å². The van der Waals surface area contributed by atoms with E-state index in [1.807, 2.05) is 94.8 Å². The van der Waals surface area contributed by atoms with Crippen molar-refractivity contribution >= 4 is 0 Å². The van der Waals surface area contributed by atoms with Crippen LogP contribution in [-0.2, 0) is 114 Å². The van der Waals surface area contributed by atoms with E-state index in [0.29, 0.717) is 41.0 Å². The molecule has 7 aliphatic rings. The van der Waals surface area contributed by atoms with Crippen LogP contribution in [0.25, 0.3) is 0 Å². The lowest BCUT2D eigenvalue weighted by Crippen LogP contribution is -2.43. The first kappa shape index (κ1) is 85.2. The van der Waals surface area contributed by atoms with Gasteiger partial charge in [0.2, 0.25) is 44.3 Å². The molecule has 0 aliphatic carbocycles. The first-order valence-electron chi connectivity index (χ1n) is 32.4. The molecule has 1 aromatic carbocycles. The lowest BCUT2D eigenvalue weighted by atomic mass is 9.85. The Balaban J connectivity index is 0.000000544. The van der Waals surface area contributed by atoms with E-state index in [1.54, 1.807) is 0 Å². The van der Waals surface area contributed by atoms with Gasteiger partial charge in [-0.1, -0.05) is 107 Å². The van der Waals surface area contributed by atoms with E-state index >= 15 is 0 Å². The predicted octanol–water partition coefficient (Wildman–Crippen LogP) is 9.50. The molecular weight excluding hydrogens is 1170 g/mol. The van der Waals surface area contributed by atoms with Crippen LogP contribution in [0.4, 0.5) is 0 Å². The molecule has 15 rings (SSSR count). The van der Waals surface area contributed by atoms with Crippen LogP contribution in [-0.4, -0.2) is 68.5 Å². The summed E-state index contributed by atoms with van der Waals surface area (Å²) in [6.07, 6.45) is 35.1. The lowest BCUT2D eigenvalue weighted by molar-refractivity contribution is -0.729. The number of hydrogen-bond acceptors (Lipinski definition) is 7. The summed E-state index contributed by atoms with van der Waals surface area (Å²) < 4.78 is 29.4. The highest BCUT2D eigenvalue weighted by atomic mass is 15.4. The van der Waals surface area contributed by atoms with Crippen molar-refractivity contribution in [3.8, 4) is 0 Å². The molecule has 7 aliphatic heterocycles. The Kier molecular flexibility index (Phi) is 33.5. The molecule has 0 saturated heterocycles. The molecule has 0 radical (unpaired) electrons. The average molecular weight is 1310 g/mol. The summed E-state index contributed by atoms with van der Waals surface area (Å²) in [5.74, 6) is 10.2. The van der Waals surface area contributed by atoms with Gasteiger partial charge in [0, 0.05) is 87.1 Å². The van der Waals surface area contributed by atoms with E-state index in [4.69, 9.17) is 0 Å². The Morgan fingerprint density at radius 3 is 1.19 bits per heavy atom. The zero-order chi connectivity index (χ0) is 61.6.